The van der Waals surface area contributed by atoms with Crippen molar-refractivity contribution in [2.24, 2.45) is 0 Å². The third-order valence-electron chi connectivity index (χ3n) is 4.12. The van der Waals surface area contributed by atoms with E-state index in [1.807, 2.05) is 0 Å². The predicted octanol–water partition coefficient (Wildman–Crippen LogP) is 6.19. The molecule has 3 aromatic rings. The van der Waals surface area contributed by atoms with E-state index in [0.717, 1.165) is 6.42 Å². The summed E-state index contributed by atoms with van der Waals surface area (Å²) in [5.41, 5.74) is 5.40. The van der Waals surface area contributed by atoms with Crippen molar-refractivity contribution < 1.29 is 0 Å². The smallest absolute Gasteiger partial charge is 0.0653 e. The van der Waals surface area contributed by atoms with Gasteiger partial charge < -0.3 is 0 Å². The average molecular weight is 339 g/mol. The molecule has 3 aromatic carbocycles. The second-order valence-electron chi connectivity index (χ2n) is 5.47. The highest BCUT2D eigenvalue weighted by molar-refractivity contribution is 9.09. The Bertz CT molecular complexity index is 756. The van der Waals surface area contributed by atoms with Crippen molar-refractivity contribution in [2.75, 3.05) is 0 Å². The number of rotatable bonds is 3. The molecule has 3 rings (SSSR count). The van der Waals surface area contributed by atoms with Gasteiger partial charge in [-0.1, -0.05) is 83.5 Å². The summed E-state index contributed by atoms with van der Waals surface area (Å²) in [5, 5.41) is 2.63. The summed E-state index contributed by atoms with van der Waals surface area (Å²) in [4.78, 5) is 0.231. The number of hydrogen-bond donors (Lipinski definition) is 0. The van der Waals surface area contributed by atoms with Gasteiger partial charge in [0.05, 0.1) is 4.83 Å². The molecule has 0 amide bonds. The van der Waals surface area contributed by atoms with Crippen LogP contribution in [0.3, 0.4) is 0 Å². The summed E-state index contributed by atoms with van der Waals surface area (Å²) >= 11 is 3.91. The third kappa shape index (κ3) is 2.75. The van der Waals surface area contributed by atoms with Crippen LogP contribution in [0.2, 0.25) is 0 Å². The summed E-state index contributed by atoms with van der Waals surface area (Å²) in [5.74, 6) is 0. The maximum Gasteiger partial charge on any atom is 0.0653 e. The monoisotopic (exact) mass is 338 g/mol. The van der Waals surface area contributed by atoms with Gasteiger partial charge in [-0.25, -0.2) is 0 Å². The Morgan fingerprint density at radius 3 is 2.33 bits per heavy atom. The molecule has 0 saturated heterocycles. The van der Waals surface area contributed by atoms with E-state index in [4.69, 9.17) is 0 Å². The molecule has 0 fully saturated rings. The van der Waals surface area contributed by atoms with E-state index < -0.39 is 0 Å². The minimum atomic E-state index is 0.231. The maximum atomic E-state index is 3.91. The van der Waals surface area contributed by atoms with Crippen molar-refractivity contribution in [3.8, 4) is 0 Å². The molecule has 0 heterocycles. The van der Waals surface area contributed by atoms with E-state index in [1.165, 1.54) is 33.0 Å². The van der Waals surface area contributed by atoms with E-state index in [9.17, 15) is 0 Å². The Labute approximate surface area is 134 Å². The van der Waals surface area contributed by atoms with Gasteiger partial charge in [-0.05, 0) is 46.4 Å². The lowest BCUT2D eigenvalue weighted by molar-refractivity contribution is 1.11. The molecule has 0 aliphatic carbocycles. The van der Waals surface area contributed by atoms with Gasteiger partial charge in [0.2, 0.25) is 0 Å². The van der Waals surface area contributed by atoms with Crippen LogP contribution in [0.5, 0.6) is 0 Å². The van der Waals surface area contributed by atoms with Crippen LogP contribution in [0.25, 0.3) is 10.8 Å². The van der Waals surface area contributed by atoms with Gasteiger partial charge in [0, 0.05) is 0 Å². The lowest BCUT2D eigenvalue weighted by Crippen LogP contribution is -1.98. The Balaban J connectivity index is 2.12. The zero-order valence-corrected chi connectivity index (χ0v) is 14.0. The average Bonchev–Trinajstić information content (AvgIpc) is 2.54. The third-order valence-corrected chi connectivity index (χ3v) is 5.11. The fraction of sp³-hybridized carbons (Fsp3) is 0.200. The van der Waals surface area contributed by atoms with Crippen LogP contribution in [0.1, 0.15) is 34.0 Å². The van der Waals surface area contributed by atoms with Crippen LogP contribution in [0.4, 0.5) is 0 Å². The van der Waals surface area contributed by atoms with Gasteiger partial charge in [0.1, 0.15) is 0 Å². The molecule has 1 heteroatoms. The summed E-state index contributed by atoms with van der Waals surface area (Å²) in [6.07, 6.45) is 1.08. The SMILES string of the molecule is CCc1ccc(C(Br)c2c(C)ccc3ccccc23)cc1. The fourth-order valence-corrected chi connectivity index (χ4v) is 3.74. The minimum Gasteiger partial charge on any atom is -0.0786 e. The Morgan fingerprint density at radius 2 is 1.62 bits per heavy atom. The van der Waals surface area contributed by atoms with Gasteiger partial charge in [-0.2, -0.15) is 0 Å². The first-order chi connectivity index (χ1) is 10.2. The van der Waals surface area contributed by atoms with Crippen LogP contribution in [-0.2, 0) is 6.42 Å². The number of halogens is 1. The van der Waals surface area contributed by atoms with E-state index in [1.54, 1.807) is 0 Å². The highest BCUT2D eigenvalue weighted by Crippen LogP contribution is 2.37. The van der Waals surface area contributed by atoms with Crippen LogP contribution in [0, 0.1) is 6.92 Å². The first-order valence-corrected chi connectivity index (χ1v) is 8.33. The van der Waals surface area contributed by atoms with Crippen molar-refractivity contribution >= 4 is 26.7 Å². The van der Waals surface area contributed by atoms with Crippen molar-refractivity contribution in [1.82, 2.24) is 0 Å². The molecule has 0 saturated carbocycles. The number of aryl methyl sites for hydroxylation is 2. The highest BCUT2D eigenvalue weighted by Gasteiger charge is 2.15. The van der Waals surface area contributed by atoms with E-state index in [-0.39, 0.29) is 4.83 Å². The van der Waals surface area contributed by atoms with Crippen LogP contribution < -0.4 is 0 Å². The van der Waals surface area contributed by atoms with E-state index in [2.05, 4.69) is 90.4 Å². The molecule has 0 aliphatic heterocycles. The summed E-state index contributed by atoms with van der Waals surface area (Å²) in [6, 6.07) is 21.9. The lowest BCUT2D eigenvalue weighted by Gasteiger charge is -2.17. The molecular formula is C20H19Br. The molecule has 1 atom stereocenters. The number of benzene rings is 3. The van der Waals surface area contributed by atoms with Gasteiger partial charge in [0.25, 0.3) is 0 Å². The molecular weight excluding hydrogens is 320 g/mol. The molecule has 1 unspecified atom stereocenters. The maximum absolute atomic E-state index is 3.91. The number of hydrogen-bond acceptors (Lipinski definition) is 0. The van der Waals surface area contributed by atoms with E-state index in [0.29, 0.717) is 0 Å². The number of fused-ring (bicyclic) bond motifs is 1. The zero-order chi connectivity index (χ0) is 14.8. The van der Waals surface area contributed by atoms with E-state index >= 15 is 0 Å². The largest absolute Gasteiger partial charge is 0.0786 e. The second-order valence-corrected chi connectivity index (χ2v) is 6.39. The topological polar surface area (TPSA) is 0 Å². The van der Waals surface area contributed by atoms with Gasteiger partial charge >= 0.3 is 0 Å². The van der Waals surface area contributed by atoms with Crippen molar-refractivity contribution in [3.05, 3.63) is 82.9 Å². The van der Waals surface area contributed by atoms with Crippen molar-refractivity contribution in [1.29, 1.82) is 0 Å². The fourth-order valence-electron chi connectivity index (χ4n) is 2.83. The molecule has 106 valence electrons. The molecule has 0 aliphatic rings. The predicted molar refractivity (Wildman–Crippen MR) is 95.3 cm³/mol. The first kappa shape index (κ1) is 14.3. The summed E-state index contributed by atoms with van der Waals surface area (Å²) in [7, 11) is 0. The van der Waals surface area contributed by atoms with Crippen molar-refractivity contribution in [3.63, 3.8) is 0 Å². The highest BCUT2D eigenvalue weighted by atomic mass is 79.9. The first-order valence-electron chi connectivity index (χ1n) is 7.42. The molecule has 21 heavy (non-hydrogen) atoms. The Morgan fingerprint density at radius 1 is 0.905 bits per heavy atom. The lowest BCUT2D eigenvalue weighted by atomic mass is 9.94. The Kier molecular flexibility index (Phi) is 4.12. The van der Waals surface area contributed by atoms with Crippen LogP contribution in [0.15, 0.2) is 60.7 Å². The Hall–Kier alpha value is -1.60. The van der Waals surface area contributed by atoms with Gasteiger partial charge in [0.15, 0.2) is 0 Å². The second kappa shape index (κ2) is 6.03. The normalized spacial score (nSPS) is 12.5. The van der Waals surface area contributed by atoms with Gasteiger partial charge in [-0.3, -0.25) is 0 Å². The molecule has 0 nitrogen and oxygen atoms in total. The minimum absolute atomic E-state index is 0.231. The molecule has 0 radical (unpaired) electrons. The molecule has 0 N–H and O–H groups in total. The molecule has 0 spiro atoms. The zero-order valence-electron chi connectivity index (χ0n) is 12.4. The summed E-state index contributed by atoms with van der Waals surface area (Å²) < 4.78 is 0. The van der Waals surface area contributed by atoms with Gasteiger partial charge in [-0.15, -0.1) is 0 Å². The van der Waals surface area contributed by atoms with Crippen molar-refractivity contribution in [2.45, 2.75) is 25.1 Å². The summed E-state index contributed by atoms with van der Waals surface area (Å²) in [6.45, 7) is 4.38. The molecule has 0 bridgehead atoms. The van der Waals surface area contributed by atoms with Crippen LogP contribution >= 0.6 is 15.9 Å². The quantitative estimate of drug-likeness (QED) is 0.499. The van der Waals surface area contributed by atoms with Crippen LogP contribution in [-0.4, -0.2) is 0 Å². The standard InChI is InChI=1S/C20H19Br/c1-3-15-9-12-17(13-10-15)20(21)19-14(2)8-11-16-6-4-5-7-18(16)19/h4-13,20H,3H2,1-2H3. The molecule has 0 aromatic heterocycles. The number of alkyl halides is 1.